The van der Waals surface area contributed by atoms with Gasteiger partial charge in [-0.3, -0.25) is 9.59 Å². The molecule has 5 nitrogen and oxygen atoms in total. The minimum absolute atomic E-state index is 0.0921. The second-order valence-electron chi connectivity index (χ2n) is 6.78. The SMILES string of the molecule is CCCC(=O)N1CCCCC1C(=O)N1CCCC(C(C)O)C1. The summed E-state index contributed by atoms with van der Waals surface area (Å²) in [6.45, 7) is 5.90. The molecule has 2 rings (SSSR count). The Morgan fingerprint density at radius 2 is 1.95 bits per heavy atom. The largest absolute Gasteiger partial charge is 0.393 e. The maximum absolute atomic E-state index is 12.9. The monoisotopic (exact) mass is 310 g/mol. The van der Waals surface area contributed by atoms with Crippen LogP contribution in [0.3, 0.4) is 0 Å². The number of aliphatic hydroxyl groups excluding tert-OH is 1. The molecule has 3 atom stereocenters. The third-order valence-corrected chi connectivity index (χ3v) is 5.02. The second-order valence-corrected chi connectivity index (χ2v) is 6.78. The summed E-state index contributed by atoms with van der Waals surface area (Å²) in [7, 11) is 0. The number of hydrogen-bond donors (Lipinski definition) is 1. The lowest BCUT2D eigenvalue weighted by Crippen LogP contribution is -2.55. The van der Waals surface area contributed by atoms with Gasteiger partial charge in [-0.1, -0.05) is 6.92 Å². The van der Waals surface area contributed by atoms with E-state index in [-0.39, 0.29) is 29.9 Å². The standard InChI is InChI=1S/C17H30N2O3/c1-3-7-16(21)19-11-5-4-9-15(19)17(22)18-10-6-8-14(12-18)13(2)20/h13-15,20H,3-12H2,1-2H3. The quantitative estimate of drug-likeness (QED) is 0.861. The highest BCUT2D eigenvalue weighted by molar-refractivity contribution is 5.88. The van der Waals surface area contributed by atoms with Crippen molar-refractivity contribution in [2.75, 3.05) is 19.6 Å². The van der Waals surface area contributed by atoms with Crippen LogP contribution in [0.2, 0.25) is 0 Å². The molecule has 0 bridgehead atoms. The maximum atomic E-state index is 12.9. The third kappa shape index (κ3) is 4.00. The first-order chi connectivity index (χ1) is 10.5. The van der Waals surface area contributed by atoms with E-state index in [1.807, 2.05) is 11.8 Å². The van der Waals surface area contributed by atoms with Crippen molar-refractivity contribution in [3.8, 4) is 0 Å². The number of likely N-dealkylation sites (tertiary alicyclic amines) is 2. The molecular formula is C17H30N2O3. The van der Waals surface area contributed by atoms with Gasteiger partial charge in [0, 0.05) is 32.0 Å². The van der Waals surface area contributed by atoms with Crippen LogP contribution in [0.15, 0.2) is 0 Å². The highest BCUT2D eigenvalue weighted by Gasteiger charge is 2.36. The van der Waals surface area contributed by atoms with Crippen LogP contribution in [0.1, 0.15) is 58.8 Å². The van der Waals surface area contributed by atoms with E-state index in [4.69, 9.17) is 0 Å². The second kappa shape index (κ2) is 7.95. The van der Waals surface area contributed by atoms with E-state index in [0.29, 0.717) is 19.5 Å². The molecule has 0 aromatic carbocycles. The normalized spacial score (nSPS) is 27.6. The summed E-state index contributed by atoms with van der Waals surface area (Å²) in [6.07, 6.45) is 5.69. The van der Waals surface area contributed by atoms with Crippen molar-refractivity contribution in [1.82, 2.24) is 9.80 Å². The fourth-order valence-corrected chi connectivity index (χ4v) is 3.66. The van der Waals surface area contributed by atoms with Crippen molar-refractivity contribution in [1.29, 1.82) is 0 Å². The molecule has 2 aliphatic heterocycles. The molecular weight excluding hydrogens is 280 g/mol. The number of amides is 2. The molecule has 0 spiro atoms. The van der Waals surface area contributed by atoms with Crippen LogP contribution in [0.5, 0.6) is 0 Å². The first kappa shape index (κ1) is 17.3. The summed E-state index contributed by atoms with van der Waals surface area (Å²) >= 11 is 0. The van der Waals surface area contributed by atoms with Crippen LogP contribution in [0.4, 0.5) is 0 Å². The summed E-state index contributed by atoms with van der Waals surface area (Å²) in [4.78, 5) is 28.9. The number of rotatable bonds is 4. The zero-order chi connectivity index (χ0) is 16.1. The number of carbonyl (C=O) groups is 2. The molecule has 0 saturated carbocycles. The molecule has 22 heavy (non-hydrogen) atoms. The van der Waals surface area contributed by atoms with Gasteiger partial charge in [0.25, 0.3) is 0 Å². The Morgan fingerprint density at radius 3 is 2.64 bits per heavy atom. The van der Waals surface area contributed by atoms with Crippen molar-refractivity contribution >= 4 is 11.8 Å². The number of nitrogens with zero attached hydrogens (tertiary/aromatic N) is 2. The van der Waals surface area contributed by atoms with E-state index < -0.39 is 0 Å². The average molecular weight is 310 g/mol. The fraction of sp³-hybridized carbons (Fsp3) is 0.882. The van der Waals surface area contributed by atoms with Gasteiger partial charge in [0.05, 0.1) is 6.10 Å². The molecule has 5 heteroatoms. The lowest BCUT2D eigenvalue weighted by atomic mass is 9.92. The van der Waals surface area contributed by atoms with Gasteiger partial charge >= 0.3 is 0 Å². The molecule has 0 aromatic heterocycles. The predicted molar refractivity (Wildman–Crippen MR) is 85.2 cm³/mol. The molecule has 2 heterocycles. The van der Waals surface area contributed by atoms with Crippen LogP contribution in [-0.4, -0.2) is 58.5 Å². The summed E-state index contributed by atoms with van der Waals surface area (Å²) in [5.74, 6) is 0.375. The molecule has 126 valence electrons. The van der Waals surface area contributed by atoms with Gasteiger partial charge in [-0.25, -0.2) is 0 Å². The predicted octanol–water partition coefficient (Wildman–Crippen LogP) is 1.79. The van der Waals surface area contributed by atoms with E-state index in [0.717, 1.165) is 45.1 Å². The van der Waals surface area contributed by atoms with Crippen LogP contribution in [0, 0.1) is 5.92 Å². The molecule has 2 fully saturated rings. The molecule has 1 N–H and O–H groups in total. The summed E-state index contributed by atoms with van der Waals surface area (Å²) in [6, 6.07) is -0.277. The fourth-order valence-electron chi connectivity index (χ4n) is 3.66. The number of carbonyl (C=O) groups excluding carboxylic acids is 2. The minimum Gasteiger partial charge on any atom is -0.393 e. The Kier molecular flexibility index (Phi) is 6.24. The van der Waals surface area contributed by atoms with E-state index in [2.05, 4.69) is 0 Å². The smallest absolute Gasteiger partial charge is 0.245 e. The van der Waals surface area contributed by atoms with Crippen molar-refractivity contribution in [3.05, 3.63) is 0 Å². The summed E-state index contributed by atoms with van der Waals surface area (Å²) < 4.78 is 0. The molecule has 2 aliphatic rings. The Bertz CT molecular complexity index is 397. The van der Waals surface area contributed by atoms with Crippen LogP contribution in [0.25, 0.3) is 0 Å². The Hall–Kier alpha value is -1.10. The summed E-state index contributed by atoms with van der Waals surface area (Å²) in [5.41, 5.74) is 0. The van der Waals surface area contributed by atoms with Gasteiger partial charge in [-0.05, 0) is 45.4 Å². The van der Waals surface area contributed by atoms with Gasteiger partial charge in [0.2, 0.25) is 11.8 Å². The Labute approximate surface area is 133 Å². The first-order valence-electron chi connectivity index (χ1n) is 8.81. The van der Waals surface area contributed by atoms with Gasteiger partial charge in [0.15, 0.2) is 0 Å². The van der Waals surface area contributed by atoms with Gasteiger partial charge in [-0.2, -0.15) is 0 Å². The molecule has 0 aromatic rings. The van der Waals surface area contributed by atoms with Crippen molar-refractivity contribution in [3.63, 3.8) is 0 Å². The van der Waals surface area contributed by atoms with Crippen molar-refractivity contribution in [2.24, 2.45) is 5.92 Å². The third-order valence-electron chi connectivity index (χ3n) is 5.02. The van der Waals surface area contributed by atoms with Gasteiger partial charge in [0.1, 0.15) is 6.04 Å². The Balaban J connectivity index is 2.03. The van der Waals surface area contributed by atoms with Crippen molar-refractivity contribution < 1.29 is 14.7 Å². The number of aliphatic hydroxyl groups is 1. The lowest BCUT2D eigenvalue weighted by molar-refractivity contribution is -0.149. The van der Waals surface area contributed by atoms with E-state index in [1.165, 1.54) is 0 Å². The molecule has 2 amide bonds. The van der Waals surface area contributed by atoms with Crippen molar-refractivity contribution in [2.45, 2.75) is 70.9 Å². The van der Waals surface area contributed by atoms with Crippen LogP contribution < -0.4 is 0 Å². The van der Waals surface area contributed by atoms with Crippen LogP contribution >= 0.6 is 0 Å². The lowest BCUT2D eigenvalue weighted by Gasteiger charge is -2.41. The van der Waals surface area contributed by atoms with E-state index >= 15 is 0 Å². The van der Waals surface area contributed by atoms with E-state index in [1.54, 1.807) is 11.8 Å². The molecule has 2 saturated heterocycles. The zero-order valence-electron chi connectivity index (χ0n) is 14.0. The topological polar surface area (TPSA) is 60.9 Å². The highest BCUT2D eigenvalue weighted by atomic mass is 16.3. The first-order valence-corrected chi connectivity index (χ1v) is 8.81. The van der Waals surface area contributed by atoms with Gasteiger partial charge < -0.3 is 14.9 Å². The number of hydrogen-bond acceptors (Lipinski definition) is 3. The highest BCUT2D eigenvalue weighted by Crippen LogP contribution is 2.25. The van der Waals surface area contributed by atoms with E-state index in [9.17, 15) is 14.7 Å². The van der Waals surface area contributed by atoms with Crippen LogP contribution in [-0.2, 0) is 9.59 Å². The molecule has 0 aliphatic carbocycles. The zero-order valence-corrected chi connectivity index (χ0v) is 14.0. The average Bonchev–Trinajstić information content (AvgIpc) is 2.54. The molecule has 0 radical (unpaired) electrons. The molecule has 3 unspecified atom stereocenters. The minimum atomic E-state index is -0.375. The number of piperidine rings is 2. The summed E-state index contributed by atoms with van der Waals surface area (Å²) in [5, 5.41) is 9.79. The Morgan fingerprint density at radius 1 is 1.18 bits per heavy atom. The van der Waals surface area contributed by atoms with Gasteiger partial charge in [-0.15, -0.1) is 0 Å². The maximum Gasteiger partial charge on any atom is 0.245 e.